The van der Waals surface area contributed by atoms with Crippen LogP contribution in [0.1, 0.15) is 37.0 Å². The molecule has 2 N–H and O–H groups in total. The lowest BCUT2D eigenvalue weighted by molar-refractivity contribution is -0.149. The first-order valence-electron chi connectivity index (χ1n) is 6.95. The van der Waals surface area contributed by atoms with Crippen LogP contribution in [0, 0.1) is 20.8 Å². The predicted molar refractivity (Wildman–Crippen MR) is 80.0 cm³/mol. The van der Waals surface area contributed by atoms with E-state index < -0.39 is 5.54 Å². The number of aryl methyl sites for hydroxylation is 2. The van der Waals surface area contributed by atoms with Crippen LogP contribution in [0.5, 0.6) is 5.75 Å². The van der Waals surface area contributed by atoms with Gasteiger partial charge in [0.25, 0.3) is 0 Å². The smallest absolute Gasteiger partial charge is 0.325 e. The lowest BCUT2D eigenvalue weighted by atomic mass is 10.00. The highest BCUT2D eigenvalue weighted by atomic mass is 16.5. The van der Waals surface area contributed by atoms with E-state index in [0.29, 0.717) is 19.6 Å². The van der Waals surface area contributed by atoms with E-state index >= 15 is 0 Å². The summed E-state index contributed by atoms with van der Waals surface area (Å²) in [6.07, 6.45) is 0.415. The Bertz CT molecular complexity index is 481. The van der Waals surface area contributed by atoms with Crippen molar-refractivity contribution in [1.82, 2.24) is 0 Å². The standard InChI is InChI=1S/C16H25NO3/c1-6-19-15(18)16(5,17)9-10-20-14-12(3)8-7-11(2)13(14)4/h7-8H,6,9-10,17H2,1-5H3. The van der Waals surface area contributed by atoms with Crippen molar-refractivity contribution in [1.29, 1.82) is 0 Å². The zero-order valence-corrected chi connectivity index (χ0v) is 13.1. The van der Waals surface area contributed by atoms with Crippen LogP contribution in [0.4, 0.5) is 0 Å². The molecule has 0 saturated heterocycles. The number of benzene rings is 1. The van der Waals surface area contributed by atoms with Crippen molar-refractivity contribution in [2.24, 2.45) is 5.73 Å². The molecular formula is C16H25NO3. The van der Waals surface area contributed by atoms with Gasteiger partial charge >= 0.3 is 5.97 Å². The number of esters is 1. The normalized spacial score (nSPS) is 13.7. The van der Waals surface area contributed by atoms with Crippen molar-refractivity contribution in [2.75, 3.05) is 13.2 Å². The number of rotatable bonds is 6. The van der Waals surface area contributed by atoms with Crippen LogP contribution < -0.4 is 10.5 Å². The topological polar surface area (TPSA) is 61.5 Å². The van der Waals surface area contributed by atoms with E-state index in [1.165, 1.54) is 5.56 Å². The molecule has 0 aliphatic heterocycles. The molecule has 0 aliphatic carbocycles. The molecule has 0 heterocycles. The van der Waals surface area contributed by atoms with E-state index in [4.69, 9.17) is 15.2 Å². The summed E-state index contributed by atoms with van der Waals surface area (Å²) in [4.78, 5) is 11.7. The molecule has 1 unspecified atom stereocenters. The summed E-state index contributed by atoms with van der Waals surface area (Å²) < 4.78 is 10.8. The second-order valence-corrected chi connectivity index (χ2v) is 5.39. The fraction of sp³-hybridized carbons (Fsp3) is 0.562. The molecule has 1 aromatic carbocycles. The first-order valence-corrected chi connectivity index (χ1v) is 6.95. The first-order chi connectivity index (χ1) is 9.29. The van der Waals surface area contributed by atoms with Gasteiger partial charge in [-0.15, -0.1) is 0 Å². The van der Waals surface area contributed by atoms with Gasteiger partial charge in [-0.2, -0.15) is 0 Å². The van der Waals surface area contributed by atoms with Gasteiger partial charge in [-0.3, -0.25) is 4.79 Å². The van der Waals surface area contributed by atoms with E-state index in [1.807, 2.05) is 26.8 Å². The summed E-state index contributed by atoms with van der Waals surface area (Å²) in [5.41, 5.74) is 8.35. The van der Waals surface area contributed by atoms with Crippen molar-refractivity contribution < 1.29 is 14.3 Å². The summed E-state index contributed by atoms with van der Waals surface area (Å²) in [5.74, 6) is 0.492. The van der Waals surface area contributed by atoms with E-state index in [9.17, 15) is 4.79 Å². The maximum atomic E-state index is 11.7. The number of hydrogen-bond acceptors (Lipinski definition) is 4. The van der Waals surface area contributed by atoms with E-state index in [1.54, 1.807) is 13.8 Å². The fourth-order valence-electron chi connectivity index (χ4n) is 1.91. The van der Waals surface area contributed by atoms with Crippen LogP contribution in [-0.4, -0.2) is 24.7 Å². The molecule has 0 fully saturated rings. The molecule has 0 aromatic heterocycles. The summed E-state index contributed by atoms with van der Waals surface area (Å²) in [6, 6.07) is 4.11. The minimum absolute atomic E-state index is 0.336. The number of carbonyl (C=O) groups excluding carboxylic acids is 1. The third-order valence-corrected chi connectivity index (χ3v) is 3.48. The molecule has 4 nitrogen and oxygen atoms in total. The number of carbonyl (C=O) groups is 1. The van der Waals surface area contributed by atoms with E-state index in [0.717, 1.165) is 16.9 Å². The molecule has 1 atom stereocenters. The van der Waals surface area contributed by atoms with Crippen molar-refractivity contribution in [3.8, 4) is 5.75 Å². The number of nitrogens with two attached hydrogens (primary N) is 1. The van der Waals surface area contributed by atoms with Gasteiger partial charge in [0.05, 0.1) is 13.2 Å². The minimum atomic E-state index is -1.01. The maximum absolute atomic E-state index is 11.7. The monoisotopic (exact) mass is 279 g/mol. The molecule has 20 heavy (non-hydrogen) atoms. The molecule has 112 valence electrons. The van der Waals surface area contributed by atoms with Gasteiger partial charge in [0.1, 0.15) is 11.3 Å². The Balaban J connectivity index is 2.65. The fourth-order valence-corrected chi connectivity index (χ4v) is 1.91. The second kappa shape index (κ2) is 6.75. The van der Waals surface area contributed by atoms with Gasteiger partial charge < -0.3 is 15.2 Å². The van der Waals surface area contributed by atoms with E-state index in [-0.39, 0.29) is 5.97 Å². The van der Waals surface area contributed by atoms with Crippen LogP contribution in [-0.2, 0) is 9.53 Å². The highest BCUT2D eigenvalue weighted by Gasteiger charge is 2.29. The van der Waals surface area contributed by atoms with Crippen molar-refractivity contribution in [3.63, 3.8) is 0 Å². The molecule has 0 aliphatic rings. The van der Waals surface area contributed by atoms with Crippen LogP contribution in [0.3, 0.4) is 0 Å². The molecule has 0 amide bonds. The molecule has 0 bridgehead atoms. The van der Waals surface area contributed by atoms with Gasteiger partial charge in [0.2, 0.25) is 0 Å². The molecule has 0 saturated carbocycles. The van der Waals surface area contributed by atoms with Gasteiger partial charge in [-0.05, 0) is 51.3 Å². The van der Waals surface area contributed by atoms with Crippen LogP contribution in [0.15, 0.2) is 12.1 Å². The maximum Gasteiger partial charge on any atom is 0.325 e. The minimum Gasteiger partial charge on any atom is -0.493 e. The first kappa shape index (κ1) is 16.5. The van der Waals surface area contributed by atoms with Gasteiger partial charge in [-0.25, -0.2) is 0 Å². The second-order valence-electron chi connectivity index (χ2n) is 5.39. The molecule has 1 aromatic rings. The molecule has 1 rings (SSSR count). The van der Waals surface area contributed by atoms with Crippen molar-refractivity contribution in [3.05, 3.63) is 28.8 Å². The lowest BCUT2D eigenvalue weighted by Gasteiger charge is -2.23. The summed E-state index contributed by atoms with van der Waals surface area (Å²) in [7, 11) is 0. The van der Waals surface area contributed by atoms with E-state index in [2.05, 4.69) is 6.07 Å². The van der Waals surface area contributed by atoms with Crippen molar-refractivity contribution in [2.45, 2.75) is 46.6 Å². The summed E-state index contributed by atoms with van der Waals surface area (Å²) >= 11 is 0. The summed E-state index contributed by atoms with van der Waals surface area (Å²) in [5, 5.41) is 0. The molecular weight excluding hydrogens is 254 g/mol. The van der Waals surface area contributed by atoms with Crippen molar-refractivity contribution >= 4 is 5.97 Å². The van der Waals surface area contributed by atoms with Gasteiger partial charge in [0.15, 0.2) is 0 Å². The predicted octanol–water partition coefficient (Wildman–Crippen LogP) is 2.66. The SMILES string of the molecule is CCOC(=O)C(C)(N)CCOc1c(C)ccc(C)c1C. The number of hydrogen-bond donors (Lipinski definition) is 1. The summed E-state index contributed by atoms with van der Waals surface area (Å²) in [6.45, 7) is 10.3. The molecule has 0 radical (unpaired) electrons. The Morgan fingerprint density at radius 3 is 2.45 bits per heavy atom. The average Bonchev–Trinajstić information content (AvgIpc) is 2.38. The molecule has 0 spiro atoms. The third-order valence-electron chi connectivity index (χ3n) is 3.48. The quantitative estimate of drug-likeness (QED) is 0.813. The zero-order chi connectivity index (χ0) is 15.3. The Kier molecular flexibility index (Phi) is 5.57. The van der Waals surface area contributed by atoms with Crippen LogP contribution in [0.25, 0.3) is 0 Å². The Labute approximate surface area is 121 Å². The highest BCUT2D eigenvalue weighted by molar-refractivity contribution is 5.79. The third kappa shape index (κ3) is 3.97. The Hall–Kier alpha value is -1.55. The van der Waals surface area contributed by atoms with Gasteiger partial charge in [-0.1, -0.05) is 12.1 Å². The highest BCUT2D eigenvalue weighted by Crippen LogP contribution is 2.26. The average molecular weight is 279 g/mol. The van der Waals surface area contributed by atoms with Crippen LogP contribution >= 0.6 is 0 Å². The largest absolute Gasteiger partial charge is 0.493 e. The Morgan fingerprint density at radius 1 is 1.25 bits per heavy atom. The number of ether oxygens (including phenoxy) is 2. The van der Waals surface area contributed by atoms with Gasteiger partial charge in [0, 0.05) is 6.42 Å². The van der Waals surface area contributed by atoms with Crippen LogP contribution in [0.2, 0.25) is 0 Å². The lowest BCUT2D eigenvalue weighted by Crippen LogP contribution is -2.47. The Morgan fingerprint density at radius 2 is 1.85 bits per heavy atom. The zero-order valence-electron chi connectivity index (χ0n) is 13.1. The molecule has 4 heteroatoms.